The van der Waals surface area contributed by atoms with E-state index in [1.807, 2.05) is 18.2 Å². The predicted octanol–water partition coefficient (Wildman–Crippen LogP) is 4.90. The lowest BCUT2D eigenvalue weighted by atomic mass is 9.93. The van der Waals surface area contributed by atoms with Gasteiger partial charge in [-0.1, -0.05) is 23.7 Å². The first kappa shape index (κ1) is 14.7. The molecule has 0 aliphatic carbocycles. The number of carbonyl (C=O) groups excluding carboxylic acids is 2. The molecule has 3 aromatic carbocycles. The van der Waals surface area contributed by atoms with Gasteiger partial charge < -0.3 is 0 Å². The fraction of sp³-hybridized carbons (Fsp3) is 0. The van der Waals surface area contributed by atoms with Crippen LogP contribution in [0.2, 0.25) is 5.02 Å². The standard InChI is InChI=1S/C18H9ClINO2/c19-15-9-8-14-16-12(15)2-1-3-13(16)17(22)21(18(14)23)11-6-4-10(20)5-7-11/h1-9H. The third-order valence-corrected chi connectivity index (χ3v) is 4.99. The number of carbonyl (C=O) groups is 2. The molecule has 0 N–H and O–H groups in total. The molecule has 1 heterocycles. The molecule has 0 saturated heterocycles. The van der Waals surface area contributed by atoms with Crippen LogP contribution in [0, 0.1) is 3.57 Å². The highest BCUT2D eigenvalue weighted by atomic mass is 127. The quantitative estimate of drug-likeness (QED) is 0.404. The normalized spacial score (nSPS) is 13.7. The van der Waals surface area contributed by atoms with Crippen LogP contribution < -0.4 is 4.90 Å². The van der Waals surface area contributed by atoms with E-state index in [4.69, 9.17) is 11.6 Å². The van der Waals surface area contributed by atoms with Crippen molar-refractivity contribution in [1.82, 2.24) is 0 Å². The fourth-order valence-corrected chi connectivity index (χ4v) is 3.47. The van der Waals surface area contributed by atoms with Gasteiger partial charge in [-0.25, -0.2) is 4.90 Å². The van der Waals surface area contributed by atoms with Gasteiger partial charge in [0.15, 0.2) is 0 Å². The summed E-state index contributed by atoms with van der Waals surface area (Å²) in [5.74, 6) is -0.645. The highest BCUT2D eigenvalue weighted by Gasteiger charge is 2.34. The lowest BCUT2D eigenvalue weighted by molar-refractivity contribution is 0.0893. The Bertz CT molecular complexity index is 960. The molecule has 3 nitrogen and oxygen atoms in total. The third-order valence-electron chi connectivity index (χ3n) is 3.94. The maximum Gasteiger partial charge on any atom is 0.265 e. The topological polar surface area (TPSA) is 37.4 Å². The zero-order valence-corrected chi connectivity index (χ0v) is 14.6. The van der Waals surface area contributed by atoms with Gasteiger partial charge in [-0.2, -0.15) is 0 Å². The summed E-state index contributed by atoms with van der Waals surface area (Å²) in [5, 5.41) is 1.90. The molecular formula is C18H9ClINO2. The third kappa shape index (κ3) is 2.16. The molecule has 0 radical (unpaired) electrons. The van der Waals surface area contributed by atoms with Crippen molar-refractivity contribution >= 4 is 62.5 Å². The van der Waals surface area contributed by atoms with Crippen LogP contribution in [0.1, 0.15) is 20.7 Å². The summed E-state index contributed by atoms with van der Waals surface area (Å²) in [6.07, 6.45) is 0. The van der Waals surface area contributed by atoms with Gasteiger partial charge in [0.1, 0.15) is 0 Å². The number of nitrogens with zero attached hydrogens (tertiary/aromatic N) is 1. The largest absolute Gasteiger partial charge is 0.268 e. The minimum Gasteiger partial charge on any atom is -0.268 e. The molecule has 0 bridgehead atoms. The van der Waals surface area contributed by atoms with Crippen molar-refractivity contribution in [2.75, 3.05) is 4.90 Å². The predicted molar refractivity (Wildman–Crippen MR) is 99.3 cm³/mol. The lowest BCUT2D eigenvalue weighted by Crippen LogP contribution is -2.40. The number of hydrogen-bond acceptors (Lipinski definition) is 2. The Kier molecular flexibility index (Phi) is 3.39. The highest BCUT2D eigenvalue weighted by molar-refractivity contribution is 14.1. The van der Waals surface area contributed by atoms with E-state index < -0.39 is 0 Å². The number of halogens is 2. The molecule has 1 aliphatic rings. The average Bonchev–Trinajstić information content (AvgIpc) is 2.56. The molecule has 23 heavy (non-hydrogen) atoms. The number of anilines is 1. The van der Waals surface area contributed by atoms with Gasteiger partial charge >= 0.3 is 0 Å². The molecular weight excluding hydrogens is 425 g/mol. The smallest absolute Gasteiger partial charge is 0.265 e. The summed E-state index contributed by atoms with van der Waals surface area (Å²) < 4.78 is 1.04. The zero-order chi connectivity index (χ0) is 16.1. The first-order chi connectivity index (χ1) is 11.1. The molecule has 2 amide bonds. The van der Waals surface area contributed by atoms with Gasteiger partial charge in [0.05, 0.1) is 5.69 Å². The van der Waals surface area contributed by atoms with Crippen LogP contribution in [-0.2, 0) is 0 Å². The van der Waals surface area contributed by atoms with Crippen molar-refractivity contribution in [2.45, 2.75) is 0 Å². The number of amides is 2. The SMILES string of the molecule is O=C1c2cccc3c(Cl)ccc(c23)C(=O)N1c1ccc(I)cc1. The number of benzene rings is 3. The van der Waals surface area contributed by atoms with Crippen LogP contribution in [0.5, 0.6) is 0 Å². The van der Waals surface area contributed by atoms with E-state index in [0.717, 1.165) is 8.96 Å². The maximum absolute atomic E-state index is 12.9. The zero-order valence-electron chi connectivity index (χ0n) is 11.7. The lowest BCUT2D eigenvalue weighted by Gasteiger charge is -2.27. The summed E-state index contributed by atoms with van der Waals surface area (Å²) in [7, 11) is 0. The van der Waals surface area contributed by atoms with Gasteiger partial charge in [0.2, 0.25) is 0 Å². The first-order valence-electron chi connectivity index (χ1n) is 6.93. The summed E-state index contributed by atoms with van der Waals surface area (Å²) in [5.41, 5.74) is 1.56. The average molecular weight is 434 g/mol. The Morgan fingerprint density at radius 3 is 2.17 bits per heavy atom. The Morgan fingerprint density at radius 2 is 1.48 bits per heavy atom. The molecule has 5 heteroatoms. The van der Waals surface area contributed by atoms with Crippen molar-refractivity contribution in [3.05, 3.63) is 74.3 Å². The molecule has 0 fully saturated rings. The van der Waals surface area contributed by atoms with E-state index >= 15 is 0 Å². The summed E-state index contributed by atoms with van der Waals surface area (Å²) in [4.78, 5) is 27.0. The second-order valence-electron chi connectivity index (χ2n) is 5.25. The molecule has 0 atom stereocenters. The summed E-state index contributed by atoms with van der Waals surface area (Å²) in [6, 6.07) is 16.0. The van der Waals surface area contributed by atoms with Crippen molar-refractivity contribution in [1.29, 1.82) is 0 Å². The summed E-state index contributed by atoms with van der Waals surface area (Å²) >= 11 is 8.39. The van der Waals surface area contributed by atoms with E-state index in [1.165, 1.54) is 4.90 Å². The number of imide groups is 1. The number of rotatable bonds is 1. The molecule has 3 aromatic rings. The van der Waals surface area contributed by atoms with Gasteiger partial charge in [-0.3, -0.25) is 9.59 Å². The fourth-order valence-electron chi connectivity index (χ4n) is 2.89. The Hall–Kier alpha value is -1.92. The van der Waals surface area contributed by atoms with Crippen LogP contribution >= 0.6 is 34.2 Å². The van der Waals surface area contributed by atoms with Gasteiger partial charge in [0, 0.05) is 30.5 Å². The number of hydrogen-bond donors (Lipinski definition) is 0. The highest BCUT2D eigenvalue weighted by Crippen LogP contribution is 2.35. The van der Waals surface area contributed by atoms with Crippen molar-refractivity contribution in [3.8, 4) is 0 Å². The van der Waals surface area contributed by atoms with Crippen molar-refractivity contribution in [3.63, 3.8) is 0 Å². The van der Waals surface area contributed by atoms with Gasteiger partial charge in [0.25, 0.3) is 11.8 Å². The molecule has 4 rings (SSSR count). The van der Waals surface area contributed by atoms with Crippen LogP contribution in [0.3, 0.4) is 0 Å². The van der Waals surface area contributed by atoms with Gasteiger partial charge in [-0.05, 0) is 65.1 Å². The second-order valence-corrected chi connectivity index (χ2v) is 6.90. The van der Waals surface area contributed by atoms with E-state index in [1.54, 1.807) is 36.4 Å². The molecule has 0 unspecified atom stereocenters. The van der Waals surface area contributed by atoms with E-state index in [-0.39, 0.29) is 11.8 Å². The van der Waals surface area contributed by atoms with Crippen LogP contribution in [0.25, 0.3) is 10.8 Å². The second kappa shape index (κ2) is 5.32. The minimum absolute atomic E-state index is 0.323. The van der Waals surface area contributed by atoms with Crippen LogP contribution in [0.4, 0.5) is 5.69 Å². The van der Waals surface area contributed by atoms with E-state index in [9.17, 15) is 9.59 Å². The van der Waals surface area contributed by atoms with Crippen LogP contribution in [0.15, 0.2) is 54.6 Å². The van der Waals surface area contributed by atoms with E-state index in [0.29, 0.717) is 27.2 Å². The Balaban J connectivity index is 1.99. The maximum atomic E-state index is 12.9. The van der Waals surface area contributed by atoms with Crippen molar-refractivity contribution < 1.29 is 9.59 Å². The minimum atomic E-state index is -0.323. The Labute approximate surface area is 151 Å². The molecule has 1 aliphatic heterocycles. The molecule has 0 spiro atoms. The van der Waals surface area contributed by atoms with Gasteiger partial charge in [-0.15, -0.1) is 0 Å². The molecule has 0 saturated carbocycles. The monoisotopic (exact) mass is 433 g/mol. The van der Waals surface area contributed by atoms with Crippen LogP contribution in [-0.4, -0.2) is 11.8 Å². The van der Waals surface area contributed by atoms with E-state index in [2.05, 4.69) is 22.6 Å². The molecule has 112 valence electrons. The first-order valence-corrected chi connectivity index (χ1v) is 8.39. The molecule has 0 aromatic heterocycles. The van der Waals surface area contributed by atoms with Crippen molar-refractivity contribution in [2.24, 2.45) is 0 Å². The Morgan fingerprint density at radius 1 is 0.826 bits per heavy atom. The summed E-state index contributed by atoms with van der Waals surface area (Å²) in [6.45, 7) is 0.